The van der Waals surface area contributed by atoms with Crippen molar-refractivity contribution in [1.82, 2.24) is 9.97 Å². The van der Waals surface area contributed by atoms with Gasteiger partial charge in [0.1, 0.15) is 0 Å². The second-order valence-electron chi connectivity index (χ2n) is 6.84. The van der Waals surface area contributed by atoms with E-state index in [4.69, 9.17) is 0 Å². The first kappa shape index (κ1) is 29.2. The number of pyridine rings is 2. The minimum Gasteiger partial charge on any atom is -0.369 e. The van der Waals surface area contributed by atoms with Crippen LogP contribution in [-0.2, 0) is 20.2 Å². The van der Waals surface area contributed by atoms with E-state index in [1.165, 1.54) is 12.1 Å². The maximum atomic E-state index is 12.4. The van der Waals surface area contributed by atoms with Gasteiger partial charge in [0.25, 0.3) is 0 Å². The Labute approximate surface area is 202 Å². The van der Waals surface area contributed by atoms with Crippen molar-refractivity contribution in [1.29, 1.82) is 0 Å². The van der Waals surface area contributed by atoms with Crippen molar-refractivity contribution in [2.24, 2.45) is 0 Å². The van der Waals surface area contributed by atoms with Crippen LogP contribution in [0, 0.1) is 0 Å². The summed E-state index contributed by atoms with van der Waals surface area (Å²) in [6.45, 7) is 5.11. The second kappa shape index (κ2) is 10.9. The maximum absolute atomic E-state index is 12.4. The highest BCUT2D eigenvalue weighted by atomic mass is 32.2. The van der Waals surface area contributed by atoms with Gasteiger partial charge in [0.15, 0.2) is 0 Å². The van der Waals surface area contributed by atoms with Crippen molar-refractivity contribution in [2.45, 2.75) is 24.9 Å². The number of halogens is 6. The first-order valence-corrected chi connectivity index (χ1v) is 12.8. The molecule has 18 heteroatoms. The lowest BCUT2D eigenvalue weighted by Crippen LogP contribution is -2.35. The van der Waals surface area contributed by atoms with E-state index in [0.717, 1.165) is 24.5 Å². The summed E-state index contributed by atoms with van der Waals surface area (Å²) in [6, 6.07) is 4.58. The molecule has 2 aromatic heterocycles. The van der Waals surface area contributed by atoms with Crippen molar-refractivity contribution in [3.63, 3.8) is 0 Å². The number of hydrogen-bond acceptors (Lipinski definition) is 10. The Morgan fingerprint density at radius 2 is 1.03 bits per heavy atom. The van der Waals surface area contributed by atoms with Gasteiger partial charge in [0.05, 0.1) is 23.8 Å². The van der Waals surface area contributed by atoms with Gasteiger partial charge in [0.2, 0.25) is 11.8 Å². The Balaban J connectivity index is 2.06. The highest BCUT2D eigenvalue weighted by molar-refractivity contribution is 7.88. The third-order valence-corrected chi connectivity index (χ3v) is 6.45. The molecule has 2 rings (SSSR count). The zero-order chi connectivity index (χ0) is 27.4. The van der Waals surface area contributed by atoms with Gasteiger partial charge in [-0.3, -0.25) is 0 Å². The van der Waals surface area contributed by atoms with Gasteiger partial charge in [-0.05, 0) is 26.0 Å². The zero-order valence-corrected chi connectivity index (χ0v) is 20.2. The molecule has 0 aromatic carbocycles. The van der Waals surface area contributed by atoms with E-state index in [9.17, 15) is 43.2 Å². The summed E-state index contributed by atoms with van der Waals surface area (Å²) in [5, 5.41) is 0. The summed E-state index contributed by atoms with van der Waals surface area (Å²) >= 11 is 0. The molecule has 0 aliphatic carbocycles. The van der Waals surface area contributed by atoms with Gasteiger partial charge < -0.3 is 18.2 Å². The van der Waals surface area contributed by atoms with Crippen LogP contribution in [0.15, 0.2) is 36.7 Å². The Morgan fingerprint density at radius 3 is 1.25 bits per heavy atom. The molecule has 0 saturated heterocycles. The van der Waals surface area contributed by atoms with Crippen molar-refractivity contribution in [2.75, 3.05) is 36.0 Å². The predicted molar refractivity (Wildman–Crippen MR) is 115 cm³/mol. The fraction of sp³-hybridized carbons (Fsp3) is 0.444. The van der Waals surface area contributed by atoms with Crippen LogP contribution in [-0.4, -0.2) is 64.0 Å². The molecule has 0 bridgehead atoms. The van der Waals surface area contributed by atoms with Crippen molar-refractivity contribution >= 4 is 31.6 Å². The zero-order valence-electron chi connectivity index (χ0n) is 18.6. The number of hydrogen-bond donors (Lipinski definition) is 0. The summed E-state index contributed by atoms with van der Waals surface area (Å²) in [5.41, 5.74) is -10.3. The van der Waals surface area contributed by atoms with Crippen molar-refractivity contribution < 1.29 is 51.5 Å². The topological polar surface area (TPSA) is 119 Å². The Bertz CT molecular complexity index is 1120. The summed E-state index contributed by atoms with van der Waals surface area (Å²) < 4.78 is 127. The van der Waals surface area contributed by atoms with Crippen LogP contribution in [0.3, 0.4) is 0 Å². The molecule has 0 spiro atoms. The van der Waals surface area contributed by atoms with E-state index in [2.05, 4.69) is 18.3 Å². The van der Waals surface area contributed by atoms with Gasteiger partial charge >= 0.3 is 31.3 Å². The average molecular weight is 567 g/mol. The third kappa shape index (κ3) is 7.25. The van der Waals surface area contributed by atoms with Gasteiger partial charge in [-0.25, -0.2) is 9.97 Å². The van der Waals surface area contributed by atoms with Gasteiger partial charge in [-0.15, -0.1) is 0 Å². The molecule has 2 heterocycles. The monoisotopic (exact) mass is 566 g/mol. The number of likely N-dealkylation sites (N-methyl/N-ethyl adjacent to an activating group) is 2. The molecule has 202 valence electrons. The standard InChI is InChI=1S/C18H20F6N4O6S2/c1-3-27(13-5-7-15(25-11-13)33-35(29,30)17(19,20)21)9-10-28(4-2)14-6-8-16(26-12-14)34-36(31,32)18(22,23)24/h5-8,11-12H,3-4,9-10H2,1-2H3. The van der Waals surface area contributed by atoms with Gasteiger partial charge in [0, 0.05) is 38.3 Å². The van der Waals surface area contributed by atoms with Crippen LogP contribution in [0.5, 0.6) is 11.8 Å². The van der Waals surface area contributed by atoms with Crippen LogP contribution in [0.1, 0.15) is 13.8 Å². The van der Waals surface area contributed by atoms with Crippen molar-refractivity contribution in [3.8, 4) is 11.8 Å². The van der Waals surface area contributed by atoms with Gasteiger partial charge in [-0.1, -0.05) is 0 Å². The molecule has 0 N–H and O–H groups in total. The number of nitrogens with zero attached hydrogens (tertiary/aromatic N) is 4. The summed E-state index contributed by atoms with van der Waals surface area (Å²) in [7, 11) is -11.7. The van der Waals surface area contributed by atoms with Crippen LogP contribution >= 0.6 is 0 Å². The van der Waals surface area contributed by atoms with E-state index in [1.54, 1.807) is 23.6 Å². The summed E-state index contributed by atoms with van der Waals surface area (Å²) in [5.74, 6) is -1.52. The molecule has 0 amide bonds. The molecule has 2 aromatic rings. The Kier molecular flexibility index (Phi) is 8.87. The average Bonchev–Trinajstić information content (AvgIpc) is 2.76. The minimum atomic E-state index is -5.85. The lowest BCUT2D eigenvalue weighted by molar-refractivity contribution is -0.0506. The molecule has 0 unspecified atom stereocenters. The van der Waals surface area contributed by atoms with Gasteiger partial charge in [-0.2, -0.15) is 43.2 Å². The molecule has 36 heavy (non-hydrogen) atoms. The van der Waals surface area contributed by atoms with Crippen LogP contribution in [0.4, 0.5) is 37.7 Å². The highest BCUT2D eigenvalue weighted by Gasteiger charge is 2.49. The van der Waals surface area contributed by atoms with E-state index < -0.39 is 43.0 Å². The summed E-state index contributed by atoms with van der Waals surface area (Å²) in [6.07, 6.45) is 2.27. The molecular weight excluding hydrogens is 546 g/mol. The fourth-order valence-electron chi connectivity index (χ4n) is 2.72. The molecular formula is C18H20F6N4O6S2. The van der Waals surface area contributed by atoms with E-state index in [-0.39, 0.29) is 0 Å². The van der Waals surface area contributed by atoms with E-state index in [1.807, 2.05) is 0 Å². The molecule has 0 saturated carbocycles. The summed E-state index contributed by atoms with van der Waals surface area (Å²) in [4.78, 5) is 10.7. The lowest BCUT2D eigenvalue weighted by atomic mass is 10.3. The molecule has 10 nitrogen and oxygen atoms in total. The maximum Gasteiger partial charge on any atom is 0.534 e. The normalized spacial score (nSPS) is 12.8. The fourth-order valence-corrected chi connectivity index (χ4v) is 3.55. The second-order valence-corrected chi connectivity index (χ2v) is 9.91. The lowest BCUT2D eigenvalue weighted by Gasteiger charge is -2.28. The number of aromatic nitrogens is 2. The molecule has 0 fully saturated rings. The smallest absolute Gasteiger partial charge is 0.369 e. The molecule has 0 atom stereocenters. The van der Waals surface area contributed by atoms with Crippen LogP contribution < -0.4 is 18.2 Å². The van der Waals surface area contributed by atoms with Crippen molar-refractivity contribution in [3.05, 3.63) is 36.7 Å². The number of alkyl halides is 6. The molecule has 0 aliphatic heterocycles. The predicted octanol–water partition coefficient (Wildman–Crippen LogP) is 3.29. The first-order valence-electron chi connectivity index (χ1n) is 9.94. The highest BCUT2D eigenvalue weighted by Crippen LogP contribution is 2.28. The Hall–Kier alpha value is -3.02. The first-order chi connectivity index (χ1) is 16.5. The largest absolute Gasteiger partial charge is 0.534 e. The van der Waals surface area contributed by atoms with Crippen LogP contribution in [0.25, 0.3) is 0 Å². The van der Waals surface area contributed by atoms with E-state index >= 15 is 0 Å². The number of rotatable bonds is 11. The molecule has 0 aliphatic rings. The Morgan fingerprint density at radius 1 is 0.694 bits per heavy atom. The van der Waals surface area contributed by atoms with Crippen LogP contribution in [0.2, 0.25) is 0 Å². The third-order valence-electron chi connectivity index (χ3n) is 4.53. The number of anilines is 2. The minimum absolute atomic E-state index is 0.341. The molecule has 0 radical (unpaired) electrons. The quantitative estimate of drug-likeness (QED) is 0.228. The SMILES string of the molecule is CCN(CCN(CC)c1ccc(OS(=O)(=O)C(F)(F)F)nc1)c1ccc(OS(=O)(=O)C(F)(F)F)nc1. The van der Waals surface area contributed by atoms with E-state index in [0.29, 0.717) is 37.6 Å².